The molecule has 21 heavy (non-hydrogen) atoms. The van der Waals surface area contributed by atoms with Crippen LogP contribution in [0.4, 0.5) is 0 Å². The van der Waals surface area contributed by atoms with Gasteiger partial charge in [-0.1, -0.05) is 30.3 Å². The molecule has 2 unspecified atom stereocenters. The van der Waals surface area contributed by atoms with E-state index in [1.807, 2.05) is 30.3 Å². The molecule has 0 aromatic heterocycles. The highest BCUT2D eigenvalue weighted by molar-refractivity contribution is 5.79. The maximum atomic E-state index is 12.0. The van der Waals surface area contributed by atoms with E-state index in [9.17, 15) is 9.59 Å². The summed E-state index contributed by atoms with van der Waals surface area (Å²) in [7, 11) is 0. The Morgan fingerprint density at radius 3 is 2.71 bits per heavy atom. The molecule has 2 atom stereocenters. The van der Waals surface area contributed by atoms with Crippen LogP contribution in [0.25, 0.3) is 0 Å². The van der Waals surface area contributed by atoms with Crippen LogP contribution in [0.3, 0.4) is 0 Å². The molecule has 5 nitrogen and oxygen atoms in total. The zero-order chi connectivity index (χ0) is 15.1. The summed E-state index contributed by atoms with van der Waals surface area (Å²) in [5.74, 6) is -0.219. The number of hydrogen-bond acceptors (Lipinski definition) is 3. The summed E-state index contributed by atoms with van der Waals surface area (Å²) in [6.07, 6.45) is 2.41. The predicted molar refractivity (Wildman–Crippen MR) is 79.6 cm³/mol. The van der Waals surface area contributed by atoms with Gasteiger partial charge in [0.2, 0.25) is 11.8 Å². The molecule has 114 valence electrons. The Morgan fingerprint density at radius 1 is 1.33 bits per heavy atom. The van der Waals surface area contributed by atoms with Gasteiger partial charge in [-0.2, -0.15) is 0 Å². The Morgan fingerprint density at radius 2 is 2.10 bits per heavy atom. The van der Waals surface area contributed by atoms with Crippen molar-refractivity contribution in [2.75, 3.05) is 13.2 Å². The van der Waals surface area contributed by atoms with E-state index in [0.717, 1.165) is 25.0 Å². The lowest BCUT2D eigenvalue weighted by Gasteiger charge is -2.18. The Balaban J connectivity index is 1.88. The van der Waals surface area contributed by atoms with E-state index in [-0.39, 0.29) is 30.4 Å². The fraction of sp³-hybridized carbons (Fsp3) is 0.500. The Hall–Kier alpha value is -1.88. The summed E-state index contributed by atoms with van der Waals surface area (Å²) < 4.78 is 5.47. The van der Waals surface area contributed by atoms with Gasteiger partial charge in [0.05, 0.1) is 18.6 Å². The van der Waals surface area contributed by atoms with Crippen molar-refractivity contribution in [3.05, 3.63) is 35.9 Å². The van der Waals surface area contributed by atoms with Crippen LogP contribution in [0, 0.1) is 0 Å². The molecule has 0 radical (unpaired) electrons. The minimum Gasteiger partial charge on any atom is -0.376 e. The lowest BCUT2D eigenvalue weighted by atomic mass is 10.0. The maximum absolute atomic E-state index is 12.0. The lowest BCUT2D eigenvalue weighted by molar-refractivity contribution is -0.123. The van der Waals surface area contributed by atoms with E-state index in [0.29, 0.717) is 6.54 Å². The van der Waals surface area contributed by atoms with Crippen LogP contribution in [0.1, 0.15) is 37.8 Å². The molecular weight excluding hydrogens is 268 g/mol. The topological polar surface area (TPSA) is 67.4 Å². The van der Waals surface area contributed by atoms with Crippen LogP contribution in [0.15, 0.2) is 30.3 Å². The van der Waals surface area contributed by atoms with E-state index in [1.165, 1.54) is 6.92 Å². The summed E-state index contributed by atoms with van der Waals surface area (Å²) in [6, 6.07) is 9.23. The molecule has 2 amide bonds. The third-order valence-electron chi connectivity index (χ3n) is 3.52. The van der Waals surface area contributed by atoms with Crippen molar-refractivity contribution >= 4 is 11.8 Å². The molecule has 0 saturated carbocycles. The standard InChI is InChI=1S/C16H22N2O3/c1-12(19)18-15(13-6-3-2-4-7-13)10-16(20)17-11-14-8-5-9-21-14/h2-4,6-7,14-15H,5,8-11H2,1H3,(H,17,20)(H,18,19). The summed E-state index contributed by atoms with van der Waals surface area (Å²) in [6.45, 7) is 2.78. The molecule has 1 saturated heterocycles. The number of nitrogens with one attached hydrogen (secondary N) is 2. The molecule has 1 aromatic carbocycles. The molecular formula is C16H22N2O3. The van der Waals surface area contributed by atoms with Crippen molar-refractivity contribution in [1.29, 1.82) is 0 Å². The first kappa shape index (κ1) is 15.5. The average molecular weight is 290 g/mol. The number of hydrogen-bond donors (Lipinski definition) is 2. The van der Waals surface area contributed by atoms with Crippen LogP contribution in [-0.4, -0.2) is 31.1 Å². The second kappa shape index (κ2) is 7.78. The summed E-state index contributed by atoms with van der Waals surface area (Å²) in [5.41, 5.74) is 0.931. The van der Waals surface area contributed by atoms with Crippen LogP contribution >= 0.6 is 0 Å². The number of carbonyl (C=O) groups is 2. The zero-order valence-electron chi connectivity index (χ0n) is 12.3. The van der Waals surface area contributed by atoms with Gasteiger partial charge in [0, 0.05) is 20.1 Å². The largest absolute Gasteiger partial charge is 0.376 e. The van der Waals surface area contributed by atoms with Crippen LogP contribution in [-0.2, 0) is 14.3 Å². The molecule has 0 spiro atoms. The van der Waals surface area contributed by atoms with Crippen molar-refractivity contribution in [3.63, 3.8) is 0 Å². The van der Waals surface area contributed by atoms with Crippen LogP contribution < -0.4 is 10.6 Å². The zero-order valence-corrected chi connectivity index (χ0v) is 12.3. The van der Waals surface area contributed by atoms with E-state index >= 15 is 0 Å². The monoisotopic (exact) mass is 290 g/mol. The summed E-state index contributed by atoms with van der Waals surface area (Å²) in [4.78, 5) is 23.4. The first-order valence-electron chi connectivity index (χ1n) is 7.35. The van der Waals surface area contributed by atoms with Gasteiger partial charge in [-0.3, -0.25) is 9.59 Å². The molecule has 1 heterocycles. The number of amides is 2. The van der Waals surface area contributed by atoms with Crippen molar-refractivity contribution in [3.8, 4) is 0 Å². The van der Waals surface area contributed by atoms with Gasteiger partial charge in [0.1, 0.15) is 0 Å². The summed E-state index contributed by atoms with van der Waals surface area (Å²) in [5, 5.41) is 5.71. The highest BCUT2D eigenvalue weighted by Crippen LogP contribution is 2.16. The highest BCUT2D eigenvalue weighted by atomic mass is 16.5. The fourth-order valence-corrected chi connectivity index (χ4v) is 2.47. The van der Waals surface area contributed by atoms with Crippen molar-refractivity contribution in [1.82, 2.24) is 10.6 Å². The molecule has 1 fully saturated rings. The van der Waals surface area contributed by atoms with E-state index in [1.54, 1.807) is 0 Å². The van der Waals surface area contributed by atoms with Gasteiger partial charge in [0.15, 0.2) is 0 Å². The Labute approximate surface area is 125 Å². The molecule has 0 aliphatic carbocycles. The fourth-order valence-electron chi connectivity index (χ4n) is 2.47. The molecule has 1 aromatic rings. The molecule has 2 N–H and O–H groups in total. The second-order valence-corrected chi connectivity index (χ2v) is 5.31. The van der Waals surface area contributed by atoms with Crippen molar-refractivity contribution < 1.29 is 14.3 Å². The molecule has 1 aliphatic heterocycles. The van der Waals surface area contributed by atoms with E-state index in [4.69, 9.17) is 4.74 Å². The molecule has 0 bridgehead atoms. The highest BCUT2D eigenvalue weighted by Gasteiger charge is 2.19. The van der Waals surface area contributed by atoms with Gasteiger partial charge < -0.3 is 15.4 Å². The minimum atomic E-state index is -0.298. The Kier molecular flexibility index (Phi) is 5.75. The van der Waals surface area contributed by atoms with Gasteiger partial charge in [-0.15, -0.1) is 0 Å². The maximum Gasteiger partial charge on any atom is 0.222 e. The average Bonchev–Trinajstić information content (AvgIpc) is 2.98. The number of carbonyl (C=O) groups excluding carboxylic acids is 2. The van der Waals surface area contributed by atoms with Crippen molar-refractivity contribution in [2.45, 2.75) is 38.3 Å². The van der Waals surface area contributed by atoms with Gasteiger partial charge >= 0.3 is 0 Å². The number of benzene rings is 1. The Bertz CT molecular complexity index is 470. The third kappa shape index (κ3) is 5.19. The number of ether oxygens (including phenoxy) is 1. The number of rotatable bonds is 6. The normalized spacial score (nSPS) is 19.0. The molecule has 5 heteroatoms. The van der Waals surface area contributed by atoms with E-state index < -0.39 is 0 Å². The summed E-state index contributed by atoms with van der Waals surface area (Å²) >= 11 is 0. The smallest absolute Gasteiger partial charge is 0.222 e. The quantitative estimate of drug-likeness (QED) is 0.835. The first-order chi connectivity index (χ1) is 10.1. The van der Waals surface area contributed by atoms with Gasteiger partial charge in [0.25, 0.3) is 0 Å². The van der Waals surface area contributed by atoms with Gasteiger partial charge in [-0.25, -0.2) is 0 Å². The minimum absolute atomic E-state index is 0.0758. The third-order valence-corrected chi connectivity index (χ3v) is 3.52. The SMILES string of the molecule is CC(=O)NC(CC(=O)NCC1CCCO1)c1ccccc1. The van der Waals surface area contributed by atoms with Crippen molar-refractivity contribution in [2.24, 2.45) is 0 Å². The van der Waals surface area contributed by atoms with Gasteiger partial charge in [-0.05, 0) is 18.4 Å². The first-order valence-corrected chi connectivity index (χ1v) is 7.35. The van der Waals surface area contributed by atoms with E-state index in [2.05, 4.69) is 10.6 Å². The van der Waals surface area contributed by atoms with Crippen LogP contribution in [0.2, 0.25) is 0 Å². The lowest BCUT2D eigenvalue weighted by Crippen LogP contribution is -2.36. The molecule has 1 aliphatic rings. The van der Waals surface area contributed by atoms with Crippen LogP contribution in [0.5, 0.6) is 0 Å². The molecule has 2 rings (SSSR count). The predicted octanol–water partition coefficient (Wildman–Crippen LogP) is 1.55. The second-order valence-electron chi connectivity index (χ2n) is 5.31.